The average molecular weight is 758 g/mol. The first-order valence-corrected chi connectivity index (χ1v) is 18.7. The Balaban J connectivity index is 0. The van der Waals surface area contributed by atoms with Gasteiger partial charge in [0.15, 0.2) is 0 Å². The zero-order valence-electron chi connectivity index (χ0n) is 34.9. The van der Waals surface area contributed by atoms with Gasteiger partial charge in [-0.1, -0.05) is 179 Å². The van der Waals surface area contributed by atoms with Crippen molar-refractivity contribution >= 4 is 0 Å². The first-order chi connectivity index (χ1) is 25.9. The van der Waals surface area contributed by atoms with Gasteiger partial charge < -0.3 is 14.9 Å². The fourth-order valence-corrected chi connectivity index (χ4v) is 4.36. The number of rotatable bonds is 6. The molecule has 6 rings (SSSR count). The van der Waals surface area contributed by atoms with E-state index in [9.17, 15) is 10.2 Å². The standard InChI is InChI=1S/C9H12O2.2C9H12O.2C9H12.C3H6O.O2.H2/c1-9(2,11-10)8-6-4-3-5-7-8;2*1-9(2,10)8-6-4-3-5-7-8;2*1-8(2)9-6-4-3-5-7-9;1-3-2-4-3;1-2;/h3-7,10H,1-2H3;2*3-7,10H,1-2H3;2*3-8H,1-2H3;3H,2H2,1H3;;1H/p+1. The molecule has 7 heteroatoms. The van der Waals surface area contributed by atoms with Crippen molar-refractivity contribution in [1.29, 1.82) is 0 Å². The highest BCUT2D eigenvalue weighted by atomic mass is 17.1. The normalized spacial score (nSPS) is 12.8. The topological polar surface area (TPSA) is 121 Å². The Bertz CT molecular complexity index is 1510. The maximum absolute atomic E-state index is 9.49. The van der Waals surface area contributed by atoms with Crippen molar-refractivity contribution in [3.8, 4) is 0 Å². The van der Waals surface area contributed by atoms with Crippen LogP contribution in [0.4, 0.5) is 0 Å². The zero-order chi connectivity index (χ0) is 41.9. The molecule has 5 aromatic rings. The van der Waals surface area contributed by atoms with Crippen LogP contribution in [-0.2, 0) is 26.4 Å². The SMILES string of the molecule is CC(C)(O)c1ccccc1.CC(C)(O)c1ccccc1.CC(C)(OO)c1ccccc1.CC(C)c1ccccc1.CC(C)c1ccccc1.CC1CO1.O=[OH+].[HH]. The Kier molecular flexibility index (Phi) is 24.9. The van der Waals surface area contributed by atoms with Crippen molar-refractivity contribution in [2.45, 2.75) is 111 Å². The van der Waals surface area contributed by atoms with Crippen LogP contribution in [0.3, 0.4) is 0 Å². The highest BCUT2D eigenvalue weighted by Crippen LogP contribution is 2.22. The summed E-state index contributed by atoms with van der Waals surface area (Å²) < 4.78 is 4.71. The van der Waals surface area contributed by atoms with Gasteiger partial charge in [-0.2, -0.15) is 0 Å². The van der Waals surface area contributed by atoms with Gasteiger partial charge in [-0.15, -0.1) is 0 Å². The van der Waals surface area contributed by atoms with Crippen LogP contribution in [0.25, 0.3) is 0 Å². The molecule has 1 atom stereocenters. The first-order valence-electron chi connectivity index (χ1n) is 18.7. The molecule has 0 amide bonds. The Labute approximate surface area is 332 Å². The maximum atomic E-state index is 9.49. The number of hydrogen-bond donors (Lipinski definition) is 3. The van der Waals surface area contributed by atoms with E-state index in [0.29, 0.717) is 17.9 Å². The van der Waals surface area contributed by atoms with Crippen LogP contribution in [-0.4, -0.2) is 33.1 Å². The summed E-state index contributed by atoms with van der Waals surface area (Å²) in [7, 11) is 0. The fraction of sp³-hybridized carbons (Fsp3) is 0.375. The molecule has 0 aromatic heterocycles. The summed E-state index contributed by atoms with van der Waals surface area (Å²) in [5.74, 6) is 1.32. The van der Waals surface area contributed by atoms with Crippen LogP contribution in [0.15, 0.2) is 152 Å². The van der Waals surface area contributed by atoms with Crippen molar-refractivity contribution < 1.29 is 31.5 Å². The van der Waals surface area contributed by atoms with E-state index in [-0.39, 0.29) is 1.43 Å². The number of epoxide rings is 1. The van der Waals surface area contributed by atoms with E-state index >= 15 is 0 Å². The summed E-state index contributed by atoms with van der Waals surface area (Å²) >= 11 is 0. The second-order valence-corrected chi connectivity index (χ2v) is 15.1. The van der Waals surface area contributed by atoms with Gasteiger partial charge in [0.1, 0.15) is 5.60 Å². The zero-order valence-corrected chi connectivity index (χ0v) is 34.9. The minimum absolute atomic E-state index is 0. The molecule has 1 fully saturated rings. The molecule has 1 aliphatic rings. The van der Waals surface area contributed by atoms with E-state index in [2.05, 4.69) is 88.0 Å². The van der Waals surface area contributed by atoms with Crippen molar-refractivity contribution in [1.82, 2.24) is 0 Å². The predicted octanol–water partition coefficient (Wildman–Crippen LogP) is 12.4. The van der Waals surface area contributed by atoms with Gasteiger partial charge >= 0.3 is 0 Å². The Morgan fingerprint density at radius 3 is 0.909 bits per heavy atom. The maximum Gasteiger partial charge on any atom is 0.202 e. The highest BCUT2D eigenvalue weighted by molar-refractivity contribution is 5.22. The molecule has 0 bridgehead atoms. The van der Waals surface area contributed by atoms with Crippen LogP contribution in [0.1, 0.15) is 117 Å². The molecule has 1 aliphatic heterocycles. The molecule has 0 radical (unpaired) electrons. The molecule has 1 unspecified atom stereocenters. The smallest absolute Gasteiger partial charge is 0.202 e. The lowest BCUT2D eigenvalue weighted by Crippen LogP contribution is -2.19. The third-order valence-electron chi connectivity index (χ3n) is 8.09. The molecule has 55 heavy (non-hydrogen) atoms. The molecule has 5 aromatic carbocycles. The molecular weight excluding hydrogens is 689 g/mol. The molecule has 1 saturated heterocycles. The highest BCUT2D eigenvalue weighted by Gasteiger charge is 2.20. The second kappa shape index (κ2) is 27.1. The lowest BCUT2D eigenvalue weighted by molar-refractivity contribution is -0.318. The molecule has 0 aliphatic carbocycles. The molecule has 1 heterocycles. The second-order valence-electron chi connectivity index (χ2n) is 15.1. The van der Waals surface area contributed by atoms with Crippen LogP contribution in [0, 0.1) is 4.96 Å². The average Bonchev–Trinajstić information content (AvgIpc) is 3.99. The molecule has 0 spiro atoms. The van der Waals surface area contributed by atoms with Crippen LogP contribution >= 0.6 is 0 Å². The molecule has 7 nitrogen and oxygen atoms in total. The lowest BCUT2D eigenvalue weighted by atomic mass is 9.99. The fourth-order valence-electron chi connectivity index (χ4n) is 4.36. The van der Waals surface area contributed by atoms with Crippen LogP contribution in [0.2, 0.25) is 0 Å². The summed E-state index contributed by atoms with van der Waals surface area (Å²) in [5, 5.41) is 27.5. The third kappa shape index (κ3) is 24.5. The molecular formula is C48H69O7+. The van der Waals surface area contributed by atoms with Gasteiger partial charge in [0.2, 0.25) is 4.96 Å². The summed E-state index contributed by atoms with van der Waals surface area (Å²) in [6, 6.07) is 49.9. The number of ether oxygens (including phenoxy) is 1. The molecule has 4 N–H and O–H groups in total. The number of aliphatic hydroxyl groups is 2. The van der Waals surface area contributed by atoms with Gasteiger partial charge in [-0.3, -0.25) is 5.26 Å². The largest absolute Gasteiger partial charge is 0.386 e. The van der Waals surface area contributed by atoms with Crippen molar-refractivity contribution in [3.63, 3.8) is 0 Å². The van der Waals surface area contributed by atoms with E-state index in [0.717, 1.165) is 23.3 Å². The Hall–Kier alpha value is -4.50. The summed E-state index contributed by atoms with van der Waals surface area (Å²) in [4.78, 5) is 17.3. The van der Waals surface area contributed by atoms with E-state index in [1.165, 1.54) is 11.1 Å². The van der Waals surface area contributed by atoms with E-state index < -0.39 is 16.8 Å². The number of hydrogen-bond acceptors (Lipinski definition) is 6. The first kappa shape index (κ1) is 50.5. The van der Waals surface area contributed by atoms with Crippen molar-refractivity contribution in [2.24, 2.45) is 0 Å². The van der Waals surface area contributed by atoms with Crippen molar-refractivity contribution in [2.75, 3.05) is 6.61 Å². The van der Waals surface area contributed by atoms with E-state index in [4.69, 9.17) is 19.9 Å². The number of benzene rings is 5. The van der Waals surface area contributed by atoms with Gasteiger partial charge in [0.25, 0.3) is 0 Å². The predicted molar refractivity (Wildman–Crippen MR) is 230 cm³/mol. The van der Waals surface area contributed by atoms with Gasteiger partial charge in [0.05, 0.1) is 23.9 Å². The Morgan fingerprint density at radius 1 is 0.545 bits per heavy atom. The van der Waals surface area contributed by atoms with Gasteiger partial charge in [-0.05, 0) is 88.1 Å². The summed E-state index contributed by atoms with van der Waals surface area (Å²) in [5.41, 5.74) is 3.67. The van der Waals surface area contributed by atoms with Crippen LogP contribution < -0.4 is 0 Å². The van der Waals surface area contributed by atoms with E-state index in [1.54, 1.807) is 27.7 Å². The minimum Gasteiger partial charge on any atom is -0.386 e. The third-order valence-corrected chi connectivity index (χ3v) is 8.09. The van der Waals surface area contributed by atoms with E-state index in [1.807, 2.05) is 117 Å². The van der Waals surface area contributed by atoms with Gasteiger partial charge in [0, 0.05) is 6.39 Å². The van der Waals surface area contributed by atoms with Crippen LogP contribution in [0.5, 0.6) is 0 Å². The lowest BCUT2D eigenvalue weighted by Gasteiger charge is -2.20. The molecule has 0 saturated carbocycles. The summed E-state index contributed by atoms with van der Waals surface area (Å²) in [6.45, 7) is 22.6. The van der Waals surface area contributed by atoms with Crippen molar-refractivity contribution in [3.05, 3.63) is 184 Å². The Morgan fingerprint density at radius 2 is 0.764 bits per heavy atom. The molecule has 302 valence electrons. The quantitative estimate of drug-likeness (QED) is 0.0686. The minimum atomic E-state index is -0.707. The monoisotopic (exact) mass is 758 g/mol. The summed E-state index contributed by atoms with van der Waals surface area (Å²) in [6.07, 6.45) is 0.583. The van der Waals surface area contributed by atoms with Gasteiger partial charge in [-0.25, -0.2) is 4.89 Å².